The normalized spacial score (nSPS) is 15.8. The number of carbonyl (C=O) groups is 1. The monoisotopic (exact) mass is 383 g/mol. The summed E-state index contributed by atoms with van der Waals surface area (Å²) < 4.78 is 7.13. The van der Waals surface area contributed by atoms with Gasteiger partial charge in [-0.15, -0.1) is 0 Å². The Balaban J connectivity index is 1.71. The first kappa shape index (κ1) is 20.2. The zero-order valence-corrected chi connectivity index (χ0v) is 17.0. The van der Waals surface area contributed by atoms with Crippen molar-refractivity contribution in [2.45, 2.75) is 57.8 Å². The van der Waals surface area contributed by atoms with E-state index in [-0.39, 0.29) is 17.1 Å². The molecule has 5 heteroatoms. The Hall–Kier alpha value is -2.56. The summed E-state index contributed by atoms with van der Waals surface area (Å²) in [4.78, 5) is 30.8. The van der Waals surface area contributed by atoms with Crippen LogP contribution in [-0.4, -0.2) is 24.7 Å². The number of benzene rings is 1. The van der Waals surface area contributed by atoms with Crippen LogP contribution in [0.5, 0.6) is 5.75 Å². The molecule has 0 amide bonds. The van der Waals surface area contributed by atoms with E-state index < -0.39 is 0 Å². The minimum atomic E-state index is -0.00615. The second kappa shape index (κ2) is 9.09. The highest BCUT2D eigenvalue weighted by Gasteiger charge is 2.29. The third kappa shape index (κ3) is 3.98. The van der Waals surface area contributed by atoms with Gasteiger partial charge in [-0.1, -0.05) is 36.8 Å². The van der Waals surface area contributed by atoms with Gasteiger partial charge in [0.2, 0.25) is 5.43 Å². The SMILES string of the molecule is COc1c(C)n(OC)c2c(c1=O)[C@@H](CCCCC(=O)c1ccccc1)CCC2. The lowest BCUT2D eigenvalue weighted by molar-refractivity contribution is 0.0979. The molecular weight excluding hydrogens is 354 g/mol. The highest BCUT2D eigenvalue weighted by atomic mass is 16.6. The number of pyridine rings is 1. The van der Waals surface area contributed by atoms with E-state index >= 15 is 0 Å². The maximum absolute atomic E-state index is 13.0. The lowest BCUT2D eigenvalue weighted by Gasteiger charge is -2.29. The van der Waals surface area contributed by atoms with E-state index in [1.807, 2.05) is 37.3 Å². The van der Waals surface area contributed by atoms with Crippen molar-refractivity contribution < 1.29 is 14.4 Å². The van der Waals surface area contributed by atoms with Gasteiger partial charge in [0.15, 0.2) is 11.5 Å². The number of Topliss-reactive ketones (excluding diaryl/α,β-unsaturated/α-hetero) is 1. The van der Waals surface area contributed by atoms with Crippen LogP contribution in [-0.2, 0) is 6.42 Å². The number of unbranched alkanes of at least 4 members (excludes halogenated alkanes) is 1. The van der Waals surface area contributed by atoms with Crippen LogP contribution in [0.2, 0.25) is 0 Å². The first-order valence-corrected chi connectivity index (χ1v) is 10.0. The van der Waals surface area contributed by atoms with Crippen molar-refractivity contribution >= 4 is 5.78 Å². The van der Waals surface area contributed by atoms with Crippen molar-refractivity contribution in [2.75, 3.05) is 14.2 Å². The second-order valence-corrected chi connectivity index (χ2v) is 7.41. The molecule has 150 valence electrons. The van der Waals surface area contributed by atoms with Gasteiger partial charge in [0.25, 0.3) is 0 Å². The van der Waals surface area contributed by atoms with Crippen LogP contribution >= 0.6 is 0 Å². The molecule has 1 aliphatic carbocycles. The van der Waals surface area contributed by atoms with Crippen molar-refractivity contribution in [1.29, 1.82) is 0 Å². The number of hydrogen-bond acceptors (Lipinski definition) is 4. The summed E-state index contributed by atoms with van der Waals surface area (Å²) in [5, 5.41) is 0. The van der Waals surface area contributed by atoms with E-state index in [1.54, 1.807) is 11.8 Å². The number of fused-ring (bicyclic) bond motifs is 1. The number of rotatable bonds is 8. The van der Waals surface area contributed by atoms with E-state index in [1.165, 1.54) is 7.11 Å². The molecule has 0 unspecified atom stereocenters. The van der Waals surface area contributed by atoms with Gasteiger partial charge >= 0.3 is 0 Å². The Morgan fingerprint density at radius 1 is 1.18 bits per heavy atom. The van der Waals surface area contributed by atoms with Crippen LogP contribution in [0.3, 0.4) is 0 Å². The van der Waals surface area contributed by atoms with Crippen LogP contribution in [0.1, 0.15) is 71.8 Å². The standard InChI is InChI=1S/C23H29NO4/c1-16-23(27-2)22(26)21-18(13-9-14-19(21)24(16)28-3)12-7-8-15-20(25)17-10-5-4-6-11-17/h4-6,10-11,18H,7-9,12-15H2,1-3H3/t18-/m0/s1. The summed E-state index contributed by atoms with van der Waals surface area (Å²) in [5.74, 6) is 0.745. The number of methoxy groups -OCH3 is 1. The molecule has 2 aromatic rings. The molecule has 0 aliphatic heterocycles. The van der Waals surface area contributed by atoms with Crippen molar-refractivity contribution in [2.24, 2.45) is 0 Å². The molecule has 5 nitrogen and oxygen atoms in total. The number of ketones is 1. The van der Waals surface area contributed by atoms with Gasteiger partial charge in [-0.05, 0) is 44.9 Å². The van der Waals surface area contributed by atoms with Crippen LogP contribution in [0.15, 0.2) is 35.1 Å². The third-order valence-corrected chi connectivity index (χ3v) is 5.70. The smallest absolute Gasteiger partial charge is 0.227 e. The number of carbonyl (C=O) groups excluding carboxylic acids is 1. The Labute approximate surface area is 166 Å². The largest absolute Gasteiger partial charge is 0.491 e. The molecular formula is C23H29NO4. The van der Waals surface area contributed by atoms with Crippen LogP contribution < -0.4 is 15.0 Å². The van der Waals surface area contributed by atoms with Gasteiger partial charge in [0.1, 0.15) is 12.8 Å². The summed E-state index contributed by atoms with van der Waals surface area (Å²) in [6.07, 6.45) is 6.07. The fourth-order valence-corrected chi connectivity index (χ4v) is 4.36. The summed E-state index contributed by atoms with van der Waals surface area (Å²) in [6, 6.07) is 9.42. The molecule has 0 bridgehead atoms. The minimum Gasteiger partial charge on any atom is -0.491 e. The predicted molar refractivity (Wildman–Crippen MR) is 109 cm³/mol. The highest BCUT2D eigenvalue weighted by molar-refractivity contribution is 5.95. The van der Waals surface area contributed by atoms with Gasteiger partial charge in [-0.2, -0.15) is 4.73 Å². The van der Waals surface area contributed by atoms with Crippen molar-refractivity contribution in [3.63, 3.8) is 0 Å². The molecule has 0 radical (unpaired) electrons. The number of hydrogen-bond donors (Lipinski definition) is 0. The topological polar surface area (TPSA) is 57.5 Å². The summed E-state index contributed by atoms with van der Waals surface area (Å²) >= 11 is 0. The molecule has 1 aliphatic rings. The molecule has 0 N–H and O–H groups in total. The van der Waals surface area contributed by atoms with Gasteiger partial charge in [0, 0.05) is 17.5 Å². The van der Waals surface area contributed by atoms with E-state index in [0.717, 1.165) is 55.3 Å². The summed E-state index contributed by atoms with van der Waals surface area (Å²) in [6.45, 7) is 1.85. The zero-order chi connectivity index (χ0) is 20.1. The maximum atomic E-state index is 13.0. The lowest BCUT2D eigenvalue weighted by atomic mass is 9.81. The molecule has 0 saturated heterocycles. The average molecular weight is 383 g/mol. The fraction of sp³-hybridized carbons (Fsp3) is 0.478. The molecule has 1 atom stereocenters. The van der Waals surface area contributed by atoms with Crippen molar-refractivity contribution in [1.82, 2.24) is 4.73 Å². The predicted octanol–water partition coefficient (Wildman–Crippen LogP) is 4.09. The highest BCUT2D eigenvalue weighted by Crippen LogP contribution is 2.35. The van der Waals surface area contributed by atoms with E-state index in [9.17, 15) is 9.59 Å². The second-order valence-electron chi connectivity index (χ2n) is 7.41. The van der Waals surface area contributed by atoms with E-state index in [2.05, 4.69) is 0 Å². The van der Waals surface area contributed by atoms with Gasteiger partial charge in [-0.3, -0.25) is 9.59 Å². The lowest BCUT2D eigenvalue weighted by Crippen LogP contribution is -2.30. The molecule has 0 spiro atoms. The van der Waals surface area contributed by atoms with Gasteiger partial charge in [0.05, 0.1) is 12.8 Å². The summed E-state index contributed by atoms with van der Waals surface area (Å²) in [5.41, 5.74) is 3.29. The van der Waals surface area contributed by atoms with Gasteiger partial charge < -0.3 is 9.57 Å². The molecule has 1 aromatic heterocycles. The van der Waals surface area contributed by atoms with Crippen molar-refractivity contribution in [3.05, 3.63) is 63.1 Å². The molecule has 1 aromatic carbocycles. The first-order chi connectivity index (χ1) is 13.6. The quantitative estimate of drug-likeness (QED) is 0.509. The minimum absolute atomic E-state index is 0.00615. The average Bonchev–Trinajstić information content (AvgIpc) is 2.72. The first-order valence-electron chi connectivity index (χ1n) is 10.0. The van der Waals surface area contributed by atoms with E-state index in [0.29, 0.717) is 17.9 Å². The Bertz CT molecular complexity index is 886. The summed E-state index contributed by atoms with van der Waals surface area (Å²) in [7, 11) is 3.15. The maximum Gasteiger partial charge on any atom is 0.227 e. The number of aromatic nitrogens is 1. The van der Waals surface area contributed by atoms with Crippen LogP contribution in [0.25, 0.3) is 0 Å². The fourth-order valence-electron chi connectivity index (χ4n) is 4.36. The van der Waals surface area contributed by atoms with Crippen molar-refractivity contribution in [3.8, 4) is 5.75 Å². The third-order valence-electron chi connectivity index (χ3n) is 5.70. The number of nitrogens with zero attached hydrogens (tertiary/aromatic N) is 1. The number of ether oxygens (including phenoxy) is 1. The zero-order valence-electron chi connectivity index (χ0n) is 17.0. The van der Waals surface area contributed by atoms with E-state index in [4.69, 9.17) is 9.57 Å². The molecule has 0 fully saturated rings. The van der Waals surface area contributed by atoms with Crippen LogP contribution in [0, 0.1) is 6.92 Å². The Morgan fingerprint density at radius 3 is 2.61 bits per heavy atom. The molecule has 3 rings (SSSR count). The Kier molecular flexibility index (Phi) is 6.55. The molecule has 1 heterocycles. The van der Waals surface area contributed by atoms with Gasteiger partial charge in [-0.25, -0.2) is 0 Å². The van der Waals surface area contributed by atoms with Crippen LogP contribution in [0.4, 0.5) is 0 Å². The molecule has 28 heavy (non-hydrogen) atoms. The molecule has 0 saturated carbocycles. The Morgan fingerprint density at radius 2 is 1.93 bits per heavy atom.